The molecule has 0 unspecified atom stereocenters. The molecule has 0 atom stereocenters. The standard InChI is InChI=1S/C17H17NO2/c1-14(2)17(19)20-13-18(15-9-5-3-6-10-15)16-11-7-4-8-12-16/h3-12H,1,13H2,2H3. The highest BCUT2D eigenvalue weighted by Crippen LogP contribution is 2.24. The molecule has 0 bridgehead atoms. The summed E-state index contributed by atoms with van der Waals surface area (Å²) in [6, 6.07) is 19.6. The number of para-hydroxylation sites is 2. The molecule has 0 saturated heterocycles. The van der Waals surface area contributed by atoms with Gasteiger partial charge in [-0.15, -0.1) is 0 Å². The Morgan fingerprint density at radius 1 is 1.00 bits per heavy atom. The monoisotopic (exact) mass is 267 g/mol. The van der Waals surface area contributed by atoms with E-state index in [9.17, 15) is 4.79 Å². The van der Waals surface area contributed by atoms with Gasteiger partial charge < -0.3 is 9.64 Å². The molecule has 0 aliphatic rings. The Morgan fingerprint density at radius 2 is 1.45 bits per heavy atom. The summed E-state index contributed by atoms with van der Waals surface area (Å²) in [4.78, 5) is 13.5. The van der Waals surface area contributed by atoms with Crippen LogP contribution >= 0.6 is 0 Å². The van der Waals surface area contributed by atoms with E-state index in [0.717, 1.165) is 11.4 Å². The molecule has 0 heterocycles. The topological polar surface area (TPSA) is 29.5 Å². The molecule has 0 aromatic heterocycles. The number of anilines is 2. The van der Waals surface area contributed by atoms with Crippen LogP contribution in [0.15, 0.2) is 72.8 Å². The zero-order valence-electron chi connectivity index (χ0n) is 11.5. The molecule has 2 rings (SSSR count). The molecule has 3 heteroatoms. The van der Waals surface area contributed by atoms with Crippen LogP contribution in [0, 0.1) is 0 Å². The Balaban J connectivity index is 2.22. The minimum absolute atomic E-state index is 0.152. The number of rotatable bonds is 5. The van der Waals surface area contributed by atoms with Crippen LogP contribution in [-0.4, -0.2) is 12.7 Å². The first-order chi connectivity index (χ1) is 9.68. The first-order valence-corrected chi connectivity index (χ1v) is 6.39. The predicted molar refractivity (Wildman–Crippen MR) is 80.8 cm³/mol. The molecule has 0 saturated carbocycles. The first kappa shape index (κ1) is 13.9. The van der Waals surface area contributed by atoms with E-state index < -0.39 is 0 Å². The van der Waals surface area contributed by atoms with Crippen molar-refractivity contribution >= 4 is 17.3 Å². The van der Waals surface area contributed by atoms with E-state index in [4.69, 9.17) is 4.74 Å². The zero-order chi connectivity index (χ0) is 14.4. The molecule has 0 N–H and O–H groups in total. The van der Waals surface area contributed by atoms with Gasteiger partial charge in [-0.3, -0.25) is 0 Å². The SMILES string of the molecule is C=C(C)C(=O)OCN(c1ccccc1)c1ccccc1. The van der Waals surface area contributed by atoms with Crippen molar-refractivity contribution in [3.63, 3.8) is 0 Å². The Morgan fingerprint density at radius 3 is 1.85 bits per heavy atom. The highest BCUT2D eigenvalue weighted by Gasteiger charge is 2.11. The van der Waals surface area contributed by atoms with E-state index in [1.54, 1.807) is 6.92 Å². The van der Waals surface area contributed by atoms with E-state index >= 15 is 0 Å². The van der Waals surface area contributed by atoms with Crippen molar-refractivity contribution in [1.29, 1.82) is 0 Å². The number of esters is 1. The number of hydrogen-bond acceptors (Lipinski definition) is 3. The van der Waals surface area contributed by atoms with Crippen LogP contribution in [0.5, 0.6) is 0 Å². The Labute approximate surface area is 119 Å². The smallest absolute Gasteiger partial charge is 0.334 e. The summed E-state index contributed by atoms with van der Waals surface area (Å²) in [5.74, 6) is -0.387. The summed E-state index contributed by atoms with van der Waals surface area (Å²) in [5.41, 5.74) is 2.33. The minimum atomic E-state index is -0.387. The van der Waals surface area contributed by atoms with Crippen LogP contribution in [0.1, 0.15) is 6.92 Å². The summed E-state index contributed by atoms with van der Waals surface area (Å²) in [5, 5.41) is 0. The number of carbonyl (C=O) groups is 1. The normalized spacial score (nSPS) is 9.85. The largest absolute Gasteiger partial charge is 0.441 e. The molecule has 2 aromatic carbocycles. The van der Waals surface area contributed by atoms with Gasteiger partial charge in [0.2, 0.25) is 0 Å². The number of nitrogens with zero attached hydrogens (tertiary/aromatic N) is 1. The summed E-state index contributed by atoms with van der Waals surface area (Å²) in [7, 11) is 0. The van der Waals surface area contributed by atoms with Crippen LogP contribution in [0.4, 0.5) is 11.4 Å². The molecular weight excluding hydrogens is 250 g/mol. The Kier molecular flexibility index (Phi) is 4.56. The fraction of sp³-hybridized carbons (Fsp3) is 0.118. The number of benzene rings is 2. The molecule has 20 heavy (non-hydrogen) atoms. The van der Waals surface area contributed by atoms with Gasteiger partial charge in [-0.25, -0.2) is 4.79 Å². The number of hydrogen-bond donors (Lipinski definition) is 0. The summed E-state index contributed by atoms with van der Waals surface area (Å²) in [6.07, 6.45) is 0. The fourth-order valence-corrected chi connectivity index (χ4v) is 1.76. The van der Waals surface area contributed by atoms with E-state index in [1.165, 1.54) is 0 Å². The van der Waals surface area contributed by atoms with Gasteiger partial charge >= 0.3 is 5.97 Å². The molecule has 0 amide bonds. The average molecular weight is 267 g/mol. The molecule has 0 fully saturated rings. The van der Waals surface area contributed by atoms with E-state index in [0.29, 0.717) is 5.57 Å². The molecule has 0 radical (unpaired) electrons. The van der Waals surface area contributed by atoms with E-state index in [1.807, 2.05) is 65.6 Å². The molecule has 0 aliphatic carbocycles. The highest BCUT2D eigenvalue weighted by atomic mass is 16.5. The molecule has 102 valence electrons. The van der Waals surface area contributed by atoms with Gasteiger partial charge in [0, 0.05) is 16.9 Å². The van der Waals surface area contributed by atoms with Crippen molar-refractivity contribution in [2.45, 2.75) is 6.92 Å². The second-order valence-corrected chi connectivity index (χ2v) is 4.44. The predicted octanol–water partition coefficient (Wildman–Crippen LogP) is 3.90. The lowest BCUT2D eigenvalue weighted by Crippen LogP contribution is -2.23. The summed E-state index contributed by atoms with van der Waals surface area (Å²) in [6.45, 7) is 5.37. The van der Waals surface area contributed by atoms with Crippen molar-refractivity contribution < 1.29 is 9.53 Å². The van der Waals surface area contributed by atoms with Gasteiger partial charge in [-0.2, -0.15) is 0 Å². The summed E-state index contributed by atoms with van der Waals surface area (Å²) >= 11 is 0. The molecule has 3 nitrogen and oxygen atoms in total. The third-order valence-corrected chi connectivity index (χ3v) is 2.81. The number of ether oxygens (including phenoxy) is 1. The van der Waals surface area contributed by atoms with Gasteiger partial charge in [0.05, 0.1) is 0 Å². The Bertz CT molecular complexity index is 539. The van der Waals surface area contributed by atoms with Gasteiger partial charge in [0.15, 0.2) is 6.73 Å². The second-order valence-electron chi connectivity index (χ2n) is 4.44. The second kappa shape index (κ2) is 6.57. The molecule has 0 aliphatic heterocycles. The lowest BCUT2D eigenvalue weighted by atomic mass is 10.2. The van der Waals surface area contributed by atoms with Crippen molar-refractivity contribution in [2.75, 3.05) is 11.6 Å². The van der Waals surface area contributed by atoms with Crippen LogP contribution in [0.2, 0.25) is 0 Å². The van der Waals surface area contributed by atoms with Crippen LogP contribution in [0.25, 0.3) is 0 Å². The van der Waals surface area contributed by atoms with Crippen molar-refractivity contribution in [1.82, 2.24) is 0 Å². The van der Waals surface area contributed by atoms with Crippen LogP contribution in [0.3, 0.4) is 0 Å². The third kappa shape index (κ3) is 3.48. The van der Waals surface area contributed by atoms with Crippen LogP contribution in [-0.2, 0) is 9.53 Å². The van der Waals surface area contributed by atoms with E-state index in [-0.39, 0.29) is 12.7 Å². The summed E-state index contributed by atoms with van der Waals surface area (Å²) < 4.78 is 5.26. The van der Waals surface area contributed by atoms with Crippen molar-refractivity contribution in [2.24, 2.45) is 0 Å². The molecule has 0 spiro atoms. The lowest BCUT2D eigenvalue weighted by Gasteiger charge is -2.24. The lowest BCUT2D eigenvalue weighted by molar-refractivity contribution is -0.138. The van der Waals surface area contributed by atoms with Crippen molar-refractivity contribution in [3.8, 4) is 0 Å². The fourth-order valence-electron chi connectivity index (χ4n) is 1.76. The minimum Gasteiger partial charge on any atom is -0.441 e. The molecule has 2 aromatic rings. The van der Waals surface area contributed by atoms with Gasteiger partial charge in [-0.05, 0) is 31.2 Å². The quantitative estimate of drug-likeness (QED) is 0.467. The highest BCUT2D eigenvalue weighted by molar-refractivity contribution is 5.87. The molecular formula is C17H17NO2. The van der Waals surface area contributed by atoms with Gasteiger partial charge in [-0.1, -0.05) is 43.0 Å². The third-order valence-electron chi connectivity index (χ3n) is 2.81. The number of carbonyl (C=O) groups excluding carboxylic acids is 1. The van der Waals surface area contributed by atoms with Crippen LogP contribution < -0.4 is 4.90 Å². The van der Waals surface area contributed by atoms with Gasteiger partial charge in [0.25, 0.3) is 0 Å². The maximum Gasteiger partial charge on any atom is 0.334 e. The first-order valence-electron chi connectivity index (χ1n) is 6.39. The van der Waals surface area contributed by atoms with Crippen molar-refractivity contribution in [3.05, 3.63) is 72.8 Å². The maximum atomic E-state index is 11.6. The van der Waals surface area contributed by atoms with Gasteiger partial charge in [0.1, 0.15) is 0 Å². The van der Waals surface area contributed by atoms with E-state index in [2.05, 4.69) is 6.58 Å². The Hall–Kier alpha value is -2.55. The average Bonchev–Trinajstić information content (AvgIpc) is 2.49. The zero-order valence-corrected chi connectivity index (χ0v) is 11.5. The maximum absolute atomic E-state index is 11.6.